The van der Waals surface area contributed by atoms with E-state index in [1.54, 1.807) is 0 Å². The molecule has 0 aromatic heterocycles. The van der Waals surface area contributed by atoms with Crippen LogP contribution in [0.2, 0.25) is 5.02 Å². The Morgan fingerprint density at radius 1 is 1.58 bits per heavy atom. The first-order chi connectivity index (χ1) is 9.10. The van der Waals surface area contributed by atoms with Gasteiger partial charge in [0.2, 0.25) is 0 Å². The highest BCUT2D eigenvalue weighted by Gasteiger charge is 2.21. The highest BCUT2D eigenvalue weighted by atomic mass is 79.9. The molecule has 1 aromatic carbocycles. The summed E-state index contributed by atoms with van der Waals surface area (Å²) >= 11 is 9.72. The number of hydrogen-bond donors (Lipinski definition) is 2. The lowest BCUT2D eigenvalue weighted by Crippen LogP contribution is -2.27. The van der Waals surface area contributed by atoms with Crippen molar-refractivity contribution in [2.24, 2.45) is 0 Å². The lowest BCUT2D eigenvalue weighted by molar-refractivity contribution is 0.175. The molecule has 1 saturated heterocycles. The van der Waals surface area contributed by atoms with Crippen LogP contribution < -0.4 is 5.32 Å². The molecule has 1 heterocycles. The third-order valence-corrected chi connectivity index (χ3v) is 4.49. The maximum Gasteiger partial charge on any atom is 0.0679 e. The number of aliphatic hydroxyl groups is 1. The van der Waals surface area contributed by atoms with Gasteiger partial charge in [0, 0.05) is 35.2 Å². The van der Waals surface area contributed by atoms with Crippen LogP contribution in [0.1, 0.15) is 24.4 Å². The zero-order chi connectivity index (χ0) is 13.8. The third-order valence-electron chi connectivity index (χ3n) is 3.67. The van der Waals surface area contributed by atoms with Crippen molar-refractivity contribution in [3.05, 3.63) is 33.3 Å². The second kappa shape index (κ2) is 7.04. The van der Waals surface area contributed by atoms with Crippen molar-refractivity contribution < 1.29 is 5.11 Å². The van der Waals surface area contributed by atoms with E-state index in [4.69, 9.17) is 11.6 Å². The largest absolute Gasteiger partial charge is 0.392 e. The van der Waals surface area contributed by atoms with Crippen LogP contribution in [0.15, 0.2) is 22.7 Å². The molecule has 5 heteroatoms. The average Bonchev–Trinajstić information content (AvgIpc) is 2.78. The molecule has 1 aliphatic heterocycles. The molecule has 2 atom stereocenters. The molecule has 2 N–H and O–H groups in total. The van der Waals surface area contributed by atoms with Gasteiger partial charge in [0.15, 0.2) is 0 Å². The van der Waals surface area contributed by atoms with Gasteiger partial charge >= 0.3 is 0 Å². The number of hydrogen-bond acceptors (Lipinski definition) is 3. The number of rotatable bonds is 5. The van der Waals surface area contributed by atoms with E-state index in [1.807, 2.05) is 19.2 Å². The predicted octanol–water partition coefficient (Wildman–Crippen LogP) is 2.82. The predicted molar refractivity (Wildman–Crippen MR) is 82.6 cm³/mol. The van der Waals surface area contributed by atoms with Crippen molar-refractivity contribution in [1.29, 1.82) is 0 Å². The Labute approximate surface area is 128 Å². The number of nitrogens with one attached hydrogen (secondary N) is 1. The molecule has 2 rings (SSSR count). The van der Waals surface area contributed by atoms with Crippen LogP contribution in [-0.4, -0.2) is 42.8 Å². The minimum Gasteiger partial charge on any atom is -0.392 e. The topological polar surface area (TPSA) is 35.5 Å². The molecular formula is C14H20BrClN2O. The zero-order valence-electron chi connectivity index (χ0n) is 11.1. The van der Waals surface area contributed by atoms with Gasteiger partial charge in [-0.3, -0.25) is 0 Å². The lowest BCUT2D eigenvalue weighted by Gasteiger charge is -2.22. The Balaban J connectivity index is 1.96. The van der Waals surface area contributed by atoms with E-state index in [0.717, 1.165) is 47.5 Å². The molecule has 0 amide bonds. The Bertz CT molecular complexity index is 430. The van der Waals surface area contributed by atoms with E-state index < -0.39 is 0 Å². The molecule has 3 nitrogen and oxygen atoms in total. The smallest absolute Gasteiger partial charge is 0.0679 e. The zero-order valence-corrected chi connectivity index (χ0v) is 13.4. The molecule has 1 aromatic rings. The van der Waals surface area contributed by atoms with Crippen molar-refractivity contribution in [1.82, 2.24) is 10.2 Å². The number of benzene rings is 1. The summed E-state index contributed by atoms with van der Waals surface area (Å²) in [7, 11) is 1.96. The number of nitrogens with zero attached hydrogens (tertiary/aromatic N) is 1. The van der Waals surface area contributed by atoms with E-state index >= 15 is 0 Å². The Hall–Kier alpha value is -0.130. The molecule has 0 spiro atoms. The summed E-state index contributed by atoms with van der Waals surface area (Å²) in [5.74, 6) is 0. The fourth-order valence-electron chi connectivity index (χ4n) is 2.57. The van der Waals surface area contributed by atoms with E-state index in [0.29, 0.717) is 0 Å². The van der Waals surface area contributed by atoms with Crippen LogP contribution in [0, 0.1) is 0 Å². The quantitative estimate of drug-likeness (QED) is 0.860. The number of aliphatic hydroxyl groups excluding tert-OH is 1. The fraction of sp³-hybridized carbons (Fsp3) is 0.571. The monoisotopic (exact) mass is 346 g/mol. The van der Waals surface area contributed by atoms with E-state index in [2.05, 4.69) is 32.2 Å². The first kappa shape index (κ1) is 15.3. The summed E-state index contributed by atoms with van der Waals surface area (Å²) in [5.41, 5.74) is 1.13. The highest BCUT2D eigenvalue weighted by Crippen LogP contribution is 2.28. The number of halogens is 2. The van der Waals surface area contributed by atoms with Crippen LogP contribution in [0.3, 0.4) is 0 Å². The van der Waals surface area contributed by atoms with Gasteiger partial charge < -0.3 is 15.3 Å². The van der Waals surface area contributed by atoms with Gasteiger partial charge in [-0.25, -0.2) is 0 Å². The van der Waals surface area contributed by atoms with E-state index in [-0.39, 0.29) is 12.1 Å². The number of likely N-dealkylation sites (tertiary alicyclic amines) is 1. The first-order valence-corrected chi connectivity index (χ1v) is 7.80. The Morgan fingerprint density at radius 3 is 2.95 bits per heavy atom. The van der Waals surface area contributed by atoms with Gasteiger partial charge in [0.25, 0.3) is 0 Å². The maximum atomic E-state index is 9.53. The molecule has 0 aliphatic carbocycles. The van der Waals surface area contributed by atoms with Crippen molar-refractivity contribution in [2.45, 2.75) is 25.0 Å². The van der Waals surface area contributed by atoms with Crippen LogP contribution >= 0.6 is 27.5 Å². The molecule has 19 heavy (non-hydrogen) atoms. The molecular weight excluding hydrogens is 328 g/mol. The maximum absolute atomic E-state index is 9.53. The van der Waals surface area contributed by atoms with Gasteiger partial charge in [-0.05, 0) is 37.6 Å². The molecule has 0 bridgehead atoms. The standard InChI is InChI=1S/C14H20BrClN2O/c1-17-14(5-7-18-6-4-11(19)9-18)12-3-2-10(15)8-13(12)16/h2-3,8,11,14,17,19H,4-7,9H2,1H3. The van der Waals surface area contributed by atoms with Gasteiger partial charge in [-0.2, -0.15) is 0 Å². The SMILES string of the molecule is CNC(CCN1CCC(O)C1)c1ccc(Br)cc1Cl. The van der Waals surface area contributed by atoms with Crippen molar-refractivity contribution in [2.75, 3.05) is 26.7 Å². The summed E-state index contributed by atoms with van der Waals surface area (Å²) in [4.78, 5) is 2.31. The second-order valence-corrected chi connectivity index (χ2v) is 6.36. The first-order valence-electron chi connectivity index (χ1n) is 6.62. The summed E-state index contributed by atoms with van der Waals surface area (Å²) < 4.78 is 0.999. The molecule has 1 fully saturated rings. The molecule has 0 radical (unpaired) electrons. The highest BCUT2D eigenvalue weighted by molar-refractivity contribution is 9.10. The minimum atomic E-state index is -0.149. The van der Waals surface area contributed by atoms with Crippen molar-refractivity contribution >= 4 is 27.5 Å². The molecule has 1 aliphatic rings. The average molecular weight is 348 g/mol. The summed E-state index contributed by atoms with van der Waals surface area (Å²) in [6.45, 7) is 2.77. The lowest BCUT2D eigenvalue weighted by atomic mass is 10.0. The summed E-state index contributed by atoms with van der Waals surface area (Å²) in [6, 6.07) is 6.26. The van der Waals surface area contributed by atoms with Crippen LogP contribution in [0.4, 0.5) is 0 Å². The molecule has 0 saturated carbocycles. The molecule has 106 valence electrons. The summed E-state index contributed by atoms with van der Waals surface area (Å²) in [5, 5.41) is 13.6. The minimum absolute atomic E-state index is 0.149. The van der Waals surface area contributed by atoms with Gasteiger partial charge in [0.05, 0.1) is 6.10 Å². The van der Waals surface area contributed by atoms with E-state index in [1.165, 1.54) is 0 Å². The van der Waals surface area contributed by atoms with Crippen molar-refractivity contribution in [3.63, 3.8) is 0 Å². The number of β-amino-alcohol motifs (C(OH)–C–C–N with tert-alkyl or cyclic N) is 1. The van der Waals surface area contributed by atoms with E-state index in [9.17, 15) is 5.11 Å². The van der Waals surface area contributed by atoms with Crippen LogP contribution in [0.25, 0.3) is 0 Å². The van der Waals surface area contributed by atoms with Crippen LogP contribution in [-0.2, 0) is 0 Å². The second-order valence-electron chi connectivity index (χ2n) is 5.04. The summed E-state index contributed by atoms with van der Waals surface area (Å²) in [6.07, 6.45) is 1.73. The Morgan fingerprint density at radius 2 is 2.37 bits per heavy atom. The van der Waals surface area contributed by atoms with Gasteiger partial charge in [-0.15, -0.1) is 0 Å². The van der Waals surface area contributed by atoms with Gasteiger partial charge in [0.1, 0.15) is 0 Å². The van der Waals surface area contributed by atoms with Crippen LogP contribution in [0.5, 0.6) is 0 Å². The van der Waals surface area contributed by atoms with Gasteiger partial charge in [-0.1, -0.05) is 33.6 Å². The van der Waals surface area contributed by atoms with Crippen molar-refractivity contribution in [3.8, 4) is 0 Å². The Kier molecular flexibility index (Phi) is 5.66. The normalized spacial score (nSPS) is 21.8. The fourth-order valence-corrected chi connectivity index (χ4v) is 3.37. The molecule has 2 unspecified atom stereocenters. The third kappa shape index (κ3) is 4.17.